The summed E-state index contributed by atoms with van der Waals surface area (Å²) in [7, 11) is 1.55. The Balaban J connectivity index is 2.61. The molecule has 16 heavy (non-hydrogen) atoms. The molecule has 0 amide bonds. The molecule has 6 heteroatoms. The molecule has 0 spiro atoms. The molecule has 0 aromatic carbocycles. The highest BCUT2D eigenvalue weighted by Gasteiger charge is 2.17. The Bertz CT molecular complexity index is 349. The van der Waals surface area contributed by atoms with E-state index in [2.05, 4.69) is 10.3 Å². The molecule has 0 saturated carbocycles. The van der Waals surface area contributed by atoms with Gasteiger partial charge in [-0.05, 0) is 13.3 Å². The van der Waals surface area contributed by atoms with Gasteiger partial charge in [-0.3, -0.25) is 0 Å². The first-order valence-electron chi connectivity index (χ1n) is 5.26. The van der Waals surface area contributed by atoms with Crippen LogP contribution in [0.2, 0.25) is 0 Å². The smallest absolute Gasteiger partial charge is 0.360 e. The third kappa shape index (κ3) is 3.03. The van der Waals surface area contributed by atoms with Crippen LogP contribution < -0.4 is 0 Å². The maximum absolute atomic E-state index is 11.6. The van der Waals surface area contributed by atoms with Crippen LogP contribution in [0.5, 0.6) is 0 Å². The number of ether oxygens (including phenoxy) is 2. The molecule has 0 radical (unpaired) electrons. The minimum Gasteiger partial charge on any atom is -0.458 e. The second-order valence-corrected chi connectivity index (χ2v) is 3.38. The maximum Gasteiger partial charge on any atom is 0.360 e. The lowest BCUT2D eigenvalue weighted by atomic mass is 10.3. The lowest BCUT2D eigenvalue weighted by Crippen LogP contribution is -2.12. The van der Waals surface area contributed by atoms with Gasteiger partial charge in [-0.2, -0.15) is 0 Å². The van der Waals surface area contributed by atoms with Gasteiger partial charge in [0.2, 0.25) is 0 Å². The number of methoxy groups -OCH3 is 1. The minimum atomic E-state index is -0.447. The van der Waals surface area contributed by atoms with Crippen LogP contribution in [-0.2, 0) is 16.0 Å². The first kappa shape index (κ1) is 12.6. The third-order valence-electron chi connectivity index (χ3n) is 2.13. The fraction of sp³-hybridized carbons (Fsp3) is 0.700. The molecule has 1 rings (SSSR count). The monoisotopic (exact) mass is 227 g/mol. The van der Waals surface area contributed by atoms with Crippen molar-refractivity contribution in [2.75, 3.05) is 20.3 Å². The third-order valence-corrected chi connectivity index (χ3v) is 2.13. The predicted octanol–water partition coefficient (Wildman–Crippen LogP) is 0.800. The highest BCUT2D eigenvalue weighted by atomic mass is 16.6. The first-order valence-corrected chi connectivity index (χ1v) is 5.26. The van der Waals surface area contributed by atoms with E-state index < -0.39 is 5.97 Å². The molecule has 0 aliphatic carbocycles. The van der Waals surface area contributed by atoms with Crippen LogP contribution in [0.1, 0.15) is 29.5 Å². The molecule has 0 N–H and O–H groups in total. The summed E-state index contributed by atoms with van der Waals surface area (Å²) in [6, 6.07) is 0. The van der Waals surface area contributed by atoms with Crippen LogP contribution in [0, 0.1) is 6.92 Å². The van der Waals surface area contributed by atoms with E-state index in [9.17, 15) is 4.79 Å². The molecule has 0 aliphatic rings. The van der Waals surface area contributed by atoms with Gasteiger partial charge in [0.25, 0.3) is 0 Å². The second-order valence-electron chi connectivity index (χ2n) is 3.38. The first-order chi connectivity index (χ1) is 7.70. The molecule has 0 aliphatic heterocycles. The number of hydrogen-bond donors (Lipinski definition) is 0. The molecule has 0 saturated heterocycles. The summed E-state index contributed by atoms with van der Waals surface area (Å²) in [4.78, 5) is 11.6. The molecule has 1 heterocycles. The van der Waals surface area contributed by atoms with Gasteiger partial charge in [0.1, 0.15) is 6.61 Å². The van der Waals surface area contributed by atoms with Crippen molar-refractivity contribution in [3.05, 3.63) is 11.4 Å². The zero-order chi connectivity index (χ0) is 12.0. The van der Waals surface area contributed by atoms with Crippen molar-refractivity contribution in [2.45, 2.75) is 26.8 Å². The highest BCUT2D eigenvalue weighted by molar-refractivity contribution is 5.88. The average molecular weight is 227 g/mol. The summed E-state index contributed by atoms with van der Waals surface area (Å²) in [5.41, 5.74) is 1.02. The van der Waals surface area contributed by atoms with Crippen LogP contribution in [-0.4, -0.2) is 41.3 Å². The average Bonchev–Trinajstić information content (AvgIpc) is 2.62. The van der Waals surface area contributed by atoms with E-state index >= 15 is 0 Å². The number of aromatic nitrogens is 3. The Morgan fingerprint density at radius 2 is 2.19 bits per heavy atom. The molecule has 0 fully saturated rings. The normalized spacial score (nSPS) is 10.4. The Kier molecular flexibility index (Phi) is 4.91. The molecule has 1 aromatic heterocycles. The van der Waals surface area contributed by atoms with Crippen molar-refractivity contribution in [3.63, 3.8) is 0 Å². The van der Waals surface area contributed by atoms with E-state index in [-0.39, 0.29) is 12.3 Å². The summed E-state index contributed by atoms with van der Waals surface area (Å²) < 4.78 is 11.4. The molecule has 0 unspecified atom stereocenters. The van der Waals surface area contributed by atoms with E-state index in [4.69, 9.17) is 9.47 Å². The van der Waals surface area contributed by atoms with Crippen molar-refractivity contribution in [2.24, 2.45) is 0 Å². The number of rotatable bonds is 6. The summed E-state index contributed by atoms with van der Waals surface area (Å²) in [5, 5.41) is 7.70. The number of nitrogens with zero attached hydrogens (tertiary/aromatic N) is 3. The van der Waals surface area contributed by atoms with E-state index in [0.717, 1.165) is 18.7 Å². The van der Waals surface area contributed by atoms with Gasteiger partial charge in [-0.25, -0.2) is 9.48 Å². The van der Waals surface area contributed by atoms with Crippen LogP contribution in [0.3, 0.4) is 0 Å². The Morgan fingerprint density at radius 1 is 1.44 bits per heavy atom. The SMILES string of the molecule is CCCn1nnc(C(=O)OCCOC)c1C. The largest absolute Gasteiger partial charge is 0.458 e. The molecule has 0 bridgehead atoms. The molecule has 90 valence electrons. The lowest BCUT2D eigenvalue weighted by Gasteiger charge is -2.03. The predicted molar refractivity (Wildman–Crippen MR) is 57.2 cm³/mol. The molecule has 1 aromatic rings. The number of carbonyl (C=O) groups excluding carboxylic acids is 1. The quantitative estimate of drug-likeness (QED) is 0.531. The zero-order valence-corrected chi connectivity index (χ0v) is 9.89. The highest BCUT2D eigenvalue weighted by Crippen LogP contribution is 2.06. The van der Waals surface area contributed by atoms with Gasteiger partial charge in [-0.1, -0.05) is 12.1 Å². The van der Waals surface area contributed by atoms with Crippen LogP contribution in [0.4, 0.5) is 0 Å². The van der Waals surface area contributed by atoms with E-state index in [1.807, 2.05) is 13.8 Å². The Morgan fingerprint density at radius 3 is 2.81 bits per heavy atom. The fourth-order valence-electron chi connectivity index (χ4n) is 1.26. The number of carbonyl (C=O) groups is 1. The van der Waals surface area contributed by atoms with Crippen LogP contribution in [0.15, 0.2) is 0 Å². The van der Waals surface area contributed by atoms with Gasteiger partial charge in [0.05, 0.1) is 12.3 Å². The van der Waals surface area contributed by atoms with Crippen LogP contribution in [0.25, 0.3) is 0 Å². The number of esters is 1. The van der Waals surface area contributed by atoms with Crippen molar-refractivity contribution >= 4 is 5.97 Å². The summed E-state index contributed by atoms with van der Waals surface area (Å²) in [6.45, 7) is 5.22. The summed E-state index contributed by atoms with van der Waals surface area (Å²) in [6.07, 6.45) is 0.947. The van der Waals surface area contributed by atoms with Crippen molar-refractivity contribution in [3.8, 4) is 0 Å². The second kappa shape index (κ2) is 6.22. The Labute approximate surface area is 94.5 Å². The fourth-order valence-corrected chi connectivity index (χ4v) is 1.26. The van der Waals surface area contributed by atoms with Gasteiger partial charge in [0.15, 0.2) is 5.69 Å². The zero-order valence-electron chi connectivity index (χ0n) is 9.89. The van der Waals surface area contributed by atoms with E-state index in [1.54, 1.807) is 11.8 Å². The van der Waals surface area contributed by atoms with Crippen molar-refractivity contribution in [1.82, 2.24) is 15.0 Å². The molecular formula is C10H17N3O3. The Hall–Kier alpha value is -1.43. The van der Waals surface area contributed by atoms with Gasteiger partial charge in [0, 0.05) is 13.7 Å². The van der Waals surface area contributed by atoms with Gasteiger partial charge >= 0.3 is 5.97 Å². The summed E-state index contributed by atoms with van der Waals surface area (Å²) in [5.74, 6) is -0.447. The lowest BCUT2D eigenvalue weighted by molar-refractivity contribution is 0.0380. The standard InChI is InChI=1S/C10H17N3O3/c1-4-5-13-8(2)9(11-12-13)10(14)16-7-6-15-3/h4-7H2,1-3H3. The molecule has 0 atom stereocenters. The van der Waals surface area contributed by atoms with Gasteiger partial charge < -0.3 is 9.47 Å². The van der Waals surface area contributed by atoms with Crippen molar-refractivity contribution < 1.29 is 14.3 Å². The minimum absolute atomic E-state index is 0.232. The topological polar surface area (TPSA) is 66.2 Å². The summed E-state index contributed by atoms with van der Waals surface area (Å²) >= 11 is 0. The number of hydrogen-bond acceptors (Lipinski definition) is 5. The van der Waals surface area contributed by atoms with Crippen LogP contribution >= 0.6 is 0 Å². The van der Waals surface area contributed by atoms with E-state index in [0.29, 0.717) is 6.61 Å². The van der Waals surface area contributed by atoms with Crippen molar-refractivity contribution in [1.29, 1.82) is 0 Å². The molecular weight excluding hydrogens is 210 g/mol. The van der Waals surface area contributed by atoms with E-state index in [1.165, 1.54) is 0 Å². The maximum atomic E-state index is 11.6. The van der Waals surface area contributed by atoms with Gasteiger partial charge in [-0.15, -0.1) is 5.10 Å². The molecule has 6 nitrogen and oxygen atoms in total. The number of aryl methyl sites for hydroxylation is 1.